The Morgan fingerprint density at radius 1 is 1.47 bits per heavy atom. The van der Waals surface area contributed by atoms with Gasteiger partial charge in [0, 0.05) is 13.1 Å². The van der Waals surface area contributed by atoms with Crippen LogP contribution in [-0.4, -0.2) is 36.0 Å². The lowest BCUT2D eigenvalue weighted by molar-refractivity contribution is -0.159. The maximum atomic E-state index is 11.2. The van der Waals surface area contributed by atoms with Crippen LogP contribution in [0.2, 0.25) is 0 Å². The van der Waals surface area contributed by atoms with E-state index < -0.39 is 0 Å². The van der Waals surface area contributed by atoms with Crippen LogP contribution >= 0.6 is 0 Å². The van der Waals surface area contributed by atoms with Crippen molar-refractivity contribution in [3.8, 4) is 0 Å². The Bertz CT molecular complexity index is 284. The van der Waals surface area contributed by atoms with E-state index in [0.717, 1.165) is 31.8 Å². The summed E-state index contributed by atoms with van der Waals surface area (Å²) in [5.41, 5.74) is -0.347. The van der Waals surface area contributed by atoms with Crippen LogP contribution in [0.3, 0.4) is 0 Å². The molecular formula is C15H29NO3. The SMILES string of the molecule is CC1CCN(C=O)C1.CCC(C)C(=O)OC(C)(C)C. The van der Waals surface area contributed by atoms with E-state index in [4.69, 9.17) is 4.74 Å². The third kappa shape index (κ3) is 8.62. The summed E-state index contributed by atoms with van der Waals surface area (Å²) in [5.74, 6) is 0.648. The molecule has 19 heavy (non-hydrogen) atoms. The fourth-order valence-corrected chi connectivity index (χ4v) is 1.63. The van der Waals surface area contributed by atoms with E-state index in [2.05, 4.69) is 6.92 Å². The lowest BCUT2D eigenvalue weighted by Crippen LogP contribution is -2.27. The van der Waals surface area contributed by atoms with E-state index >= 15 is 0 Å². The molecule has 1 aliphatic heterocycles. The Balaban J connectivity index is 0.000000356. The first-order valence-electron chi connectivity index (χ1n) is 7.11. The number of hydrogen-bond donors (Lipinski definition) is 0. The molecule has 2 unspecified atom stereocenters. The zero-order chi connectivity index (χ0) is 15.1. The quantitative estimate of drug-likeness (QED) is 0.586. The summed E-state index contributed by atoms with van der Waals surface area (Å²) < 4.78 is 5.15. The number of likely N-dealkylation sites (tertiary alicyclic amines) is 1. The van der Waals surface area contributed by atoms with Crippen LogP contribution in [0, 0.1) is 11.8 Å². The molecule has 1 rings (SSSR count). The molecule has 112 valence electrons. The van der Waals surface area contributed by atoms with Crippen molar-refractivity contribution in [2.75, 3.05) is 13.1 Å². The van der Waals surface area contributed by atoms with Gasteiger partial charge in [0.15, 0.2) is 0 Å². The van der Waals surface area contributed by atoms with Gasteiger partial charge in [0.2, 0.25) is 6.41 Å². The van der Waals surface area contributed by atoms with Crippen molar-refractivity contribution >= 4 is 12.4 Å². The fraction of sp³-hybridized carbons (Fsp3) is 0.867. The molecule has 1 saturated heterocycles. The van der Waals surface area contributed by atoms with Crippen molar-refractivity contribution in [2.45, 2.75) is 60.0 Å². The van der Waals surface area contributed by atoms with Gasteiger partial charge in [0.05, 0.1) is 5.92 Å². The predicted molar refractivity (Wildman–Crippen MR) is 76.7 cm³/mol. The molecule has 1 amide bonds. The average molecular weight is 271 g/mol. The van der Waals surface area contributed by atoms with Gasteiger partial charge in [0.1, 0.15) is 5.60 Å². The van der Waals surface area contributed by atoms with Gasteiger partial charge in [-0.25, -0.2) is 0 Å². The Morgan fingerprint density at radius 3 is 2.32 bits per heavy atom. The van der Waals surface area contributed by atoms with Crippen LogP contribution < -0.4 is 0 Å². The minimum Gasteiger partial charge on any atom is -0.460 e. The lowest BCUT2D eigenvalue weighted by Gasteiger charge is -2.21. The lowest BCUT2D eigenvalue weighted by atomic mass is 10.1. The highest BCUT2D eigenvalue weighted by molar-refractivity contribution is 5.72. The molecule has 1 aliphatic rings. The molecule has 0 aromatic rings. The number of rotatable bonds is 3. The number of hydrogen-bond acceptors (Lipinski definition) is 3. The van der Waals surface area contributed by atoms with Crippen molar-refractivity contribution in [3.63, 3.8) is 0 Å². The summed E-state index contributed by atoms with van der Waals surface area (Å²) in [4.78, 5) is 23.1. The molecule has 0 bridgehead atoms. The van der Waals surface area contributed by atoms with E-state index in [9.17, 15) is 9.59 Å². The molecule has 0 radical (unpaired) electrons. The Hall–Kier alpha value is -1.06. The van der Waals surface area contributed by atoms with Gasteiger partial charge in [-0.05, 0) is 39.5 Å². The Morgan fingerprint density at radius 2 is 2.05 bits per heavy atom. The van der Waals surface area contributed by atoms with Crippen LogP contribution in [0.15, 0.2) is 0 Å². The van der Waals surface area contributed by atoms with Gasteiger partial charge in [-0.15, -0.1) is 0 Å². The first-order valence-corrected chi connectivity index (χ1v) is 7.11. The summed E-state index contributed by atoms with van der Waals surface area (Å²) in [6.45, 7) is 13.6. The molecule has 4 heteroatoms. The highest BCUT2D eigenvalue weighted by Crippen LogP contribution is 2.13. The van der Waals surface area contributed by atoms with Crippen LogP contribution in [0.4, 0.5) is 0 Å². The second kappa shape index (κ2) is 8.18. The van der Waals surface area contributed by atoms with Crippen LogP contribution in [0.25, 0.3) is 0 Å². The molecule has 4 nitrogen and oxygen atoms in total. The third-order valence-electron chi connectivity index (χ3n) is 3.03. The molecule has 0 aromatic carbocycles. The molecule has 0 saturated carbocycles. The predicted octanol–water partition coefficient (Wildman–Crippen LogP) is 2.86. The molecule has 0 spiro atoms. The summed E-state index contributed by atoms with van der Waals surface area (Å²) in [6.07, 6.45) is 2.96. The van der Waals surface area contributed by atoms with Gasteiger partial charge in [-0.1, -0.05) is 20.8 Å². The van der Waals surface area contributed by atoms with Crippen molar-refractivity contribution in [1.82, 2.24) is 4.90 Å². The first-order chi connectivity index (χ1) is 8.69. The van der Waals surface area contributed by atoms with E-state index in [1.165, 1.54) is 6.42 Å². The van der Waals surface area contributed by atoms with Crippen molar-refractivity contribution in [2.24, 2.45) is 11.8 Å². The van der Waals surface area contributed by atoms with Crippen LogP contribution in [0.5, 0.6) is 0 Å². The maximum Gasteiger partial charge on any atom is 0.309 e. The van der Waals surface area contributed by atoms with Gasteiger partial charge in [-0.2, -0.15) is 0 Å². The number of carbonyl (C=O) groups excluding carboxylic acids is 2. The summed E-state index contributed by atoms with van der Waals surface area (Å²) in [7, 11) is 0. The zero-order valence-electron chi connectivity index (χ0n) is 13.2. The topological polar surface area (TPSA) is 46.6 Å². The monoisotopic (exact) mass is 271 g/mol. The molecule has 0 aromatic heterocycles. The first kappa shape index (κ1) is 17.9. The van der Waals surface area contributed by atoms with E-state index in [-0.39, 0.29) is 17.5 Å². The smallest absolute Gasteiger partial charge is 0.309 e. The minimum atomic E-state index is -0.347. The standard InChI is InChI=1S/C9H18O2.C6H11NO/c1-6-7(2)8(10)11-9(3,4)5;1-6-2-3-7(4-6)5-8/h7H,6H2,1-5H3;5-6H,2-4H2,1H3. The van der Waals surface area contributed by atoms with Gasteiger partial charge >= 0.3 is 5.97 Å². The number of amides is 1. The van der Waals surface area contributed by atoms with Gasteiger partial charge in [0.25, 0.3) is 0 Å². The number of carbonyl (C=O) groups is 2. The highest BCUT2D eigenvalue weighted by Gasteiger charge is 2.19. The third-order valence-corrected chi connectivity index (χ3v) is 3.03. The van der Waals surface area contributed by atoms with Crippen molar-refractivity contribution in [3.05, 3.63) is 0 Å². The van der Waals surface area contributed by atoms with Gasteiger partial charge < -0.3 is 9.64 Å². The molecule has 0 N–H and O–H groups in total. The normalized spacial score (nSPS) is 20.3. The zero-order valence-corrected chi connectivity index (χ0v) is 13.2. The Labute approximate surface area is 117 Å². The number of nitrogens with zero attached hydrogens (tertiary/aromatic N) is 1. The second-order valence-corrected chi connectivity index (χ2v) is 6.34. The highest BCUT2D eigenvalue weighted by atomic mass is 16.6. The second-order valence-electron chi connectivity index (χ2n) is 6.34. The molecule has 2 atom stereocenters. The largest absolute Gasteiger partial charge is 0.460 e. The van der Waals surface area contributed by atoms with Crippen LogP contribution in [-0.2, 0) is 14.3 Å². The van der Waals surface area contributed by atoms with Crippen LogP contribution in [0.1, 0.15) is 54.4 Å². The fourth-order valence-electron chi connectivity index (χ4n) is 1.63. The molecule has 1 heterocycles. The van der Waals surface area contributed by atoms with Gasteiger partial charge in [-0.3, -0.25) is 9.59 Å². The Kier molecular flexibility index (Phi) is 7.72. The number of esters is 1. The maximum absolute atomic E-state index is 11.2. The summed E-state index contributed by atoms with van der Waals surface area (Å²) in [5, 5.41) is 0. The molecule has 1 fully saturated rings. The van der Waals surface area contributed by atoms with E-state index in [1.807, 2.05) is 39.5 Å². The van der Waals surface area contributed by atoms with E-state index in [0.29, 0.717) is 0 Å². The van der Waals surface area contributed by atoms with E-state index in [1.54, 1.807) is 0 Å². The number of ether oxygens (including phenoxy) is 1. The minimum absolute atomic E-state index is 0.0224. The van der Waals surface area contributed by atoms with Crippen molar-refractivity contribution in [1.29, 1.82) is 0 Å². The summed E-state index contributed by atoms with van der Waals surface area (Å²) >= 11 is 0. The molecule has 0 aliphatic carbocycles. The average Bonchev–Trinajstić information content (AvgIpc) is 2.72. The summed E-state index contributed by atoms with van der Waals surface area (Å²) in [6, 6.07) is 0. The van der Waals surface area contributed by atoms with Crippen molar-refractivity contribution < 1.29 is 14.3 Å². The molecular weight excluding hydrogens is 242 g/mol.